The lowest BCUT2D eigenvalue weighted by Gasteiger charge is -2.13. The van der Waals surface area contributed by atoms with Gasteiger partial charge in [0.15, 0.2) is 0 Å². The Kier molecular flexibility index (Phi) is 19.0. The molecule has 0 aromatic carbocycles. The van der Waals surface area contributed by atoms with Crippen molar-refractivity contribution in [1.29, 1.82) is 0 Å². The van der Waals surface area contributed by atoms with Gasteiger partial charge in [0, 0.05) is 0 Å². The van der Waals surface area contributed by atoms with E-state index in [9.17, 15) is 0 Å². The molecule has 0 saturated carbocycles. The Labute approximate surface area is 142 Å². The summed E-state index contributed by atoms with van der Waals surface area (Å²) in [6, 6.07) is 0. The smallest absolute Gasteiger partial charge is 0.0768 e. The third kappa shape index (κ3) is 18.0. The Morgan fingerprint density at radius 2 is 0.727 bits per heavy atom. The topological polar surface area (TPSA) is 4.44 Å². The molecule has 0 aliphatic heterocycles. The summed E-state index contributed by atoms with van der Waals surface area (Å²) in [5.74, 6) is 0. The number of nitrogens with one attached hydrogen (secondary N) is 1. The Morgan fingerprint density at radius 1 is 0.409 bits per heavy atom. The summed E-state index contributed by atoms with van der Waals surface area (Å²) in [7, 11) is 2.36. The summed E-state index contributed by atoms with van der Waals surface area (Å²) in [6.45, 7) is 7.35. The first kappa shape index (κ1) is 22.0. The van der Waals surface area contributed by atoms with Crippen LogP contribution in [-0.4, -0.2) is 20.1 Å². The number of rotatable bonds is 18. The molecule has 1 atom stereocenters. The molecule has 0 bridgehead atoms. The van der Waals surface area contributed by atoms with Crippen LogP contribution in [-0.2, 0) is 0 Å². The molecule has 134 valence electrons. The highest BCUT2D eigenvalue weighted by Crippen LogP contribution is 2.12. The summed E-state index contributed by atoms with van der Waals surface area (Å²) in [5.41, 5.74) is 0. The molecule has 0 spiro atoms. The van der Waals surface area contributed by atoms with Crippen LogP contribution in [0.25, 0.3) is 0 Å². The van der Waals surface area contributed by atoms with Crippen LogP contribution >= 0.6 is 0 Å². The zero-order valence-corrected chi connectivity index (χ0v) is 16.2. The Hall–Kier alpha value is -0.0400. The maximum Gasteiger partial charge on any atom is 0.0768 e. The first-order chi connectivity index (χ1) is 10.8. The van der Waals surface area contributed by atoms with Gasteiger partial charge in [0.05, 0.1) is 20.1 Å². The van der Waals surface area contributed by atoms with Crippen molar-refractivity contribution >= 4 is 0 Å². The molecule has 0 fully saturated rings. The Bertz CT molecular complexity index is 190. The third-order valence-corrected chi connectivity index (χ3v) is 4.91. The highest BCUT2D eigenvalue weighted by atomic mass is 15.1. The summed E-state index contributed by atoms with van der Waals surface area (Å²) in [6.07, 6.45) is 23.2. The largest absolute Gasteiger partial charge is 0.337 e. The molecule has 0 amide bonds. The van der Waals surface area contributed by atoms with Crippen molar-refractivity contribution in [3.63, 3.8) is 0 Å². The van der Waals surface area contributed by atoms with Gasteiger partial charge in [-0.15, -0.1) is 0 Å². The van der Waals surface area contributed by atoms with Gasteiger partial charge in [-0.3, -0.25) is 0 Å². The third-order valence-electron chi connectivity index (χ3n) is 4.91. The number of quaternary nitrogens is 1. The Balaban J connectivity index is 3.02. The van der Waals surface area contributed by atoms with Crippen molar-refractivity contribution in [3.05, 3.63) is 0 Å². The summed E-state index contributed by atoms with van der Waals surface area (Å²) >= 11 is 0. The zero-order valence-electron chi connectivity index (χ0n) is 16.2. The van der Waals surface area contributed by atoms with Gasteiger partial charge in [0.25, 0.3) is 0 Å². The van der Waals surface area contributed by atoms with E-state index >= 15 is 0 Å². The molecule has 0 aliphatic carbocycles. The van der Waals surface area contributed by atoms with Crippen LogP contribution in [0, 0.1) is 0 Å². The second kappa shape index (κ2) is 19.0. The number of hydrogen-bond acceptors (Lipinski definition) is 0. The molecule has 0 heterocycles. The lowest BCUT2D eigenvalue weighted by Crippen LogP contribution is -3.09. The number of hydrogen-bond donors (Lipinski definition) is 1. The standard InChI is InChI=1S/C21H45N/c1-4-6-8-9-10-11-12-13-14-15-16-17-18-19-21-22(3)20-7-5-2/h4-21H2,1-3H3/p+1. The van der Waals surface area contributed by atoms with Gasteiger partial charge in [-0.1, -0.05) is 97.3 Å². The molecule has 0 aromatic rings. The second-order valence-electron chi connectivity index (χ2n) is 7.41. The molecule has 22 heavy (non-hydrogen) atoms. The number of unbranched alkanes of at least 4 members (excludes halogenated alkanes) is 14. The molecule has 1 nitrogen and oxygen atoms in total. The SMILES string of the molecule is CCCCCCCCCCCCCCCC[NH+](C)CCCC. The fraction of sp³-hybridized carbons (Fsp3) is 1.00. The van der Waals surface area contributed by atoms with Crippen LogP contribution in [0.2, 0.25) is 0 Å². The van der Waals surface area contributed by atoms with E-state index in [1.165, 1.54) is 116 Å². The molecular formula is C21H46N+. The lowest BCUT2D eigenvalue weighted by molar-refractivity contribution is -0.880. The molecule has 0 saturated heterocycles. The molecule has 0 aromatic heterocycles. The summed E-state index contributed by atoms with van der Waals surface area (Å²) in [5, 5.41) is 0. The van der Waals surface area contributed by atoms with Crippen LogP contribution in [0.15, 0.2) is 0 Å². The van der Waals surface area contributed by atoms with Gasteiger partial charge >= 0.3 is 0 Å². The minimum atomic E-state index is 1.34. The maximum atomic E-state index is 2.36. The van der Waals surface area contributed by atoms with E-state index in [1.54, 1.807) is 4.90 Å². The Morgan fingerprint density at radius 3 is 1.14 bits per heavy atom. The highest BCUT2D eigenvalue weighted by molar-refractivity contribution is 4.49. The van der Waals surface area contributed by atoms with Crippen LogP contribution < -0.4 is 4.90 Å². The molecule has 0 aliphatic rings. The van der Waals surface area contributed by atoms with Gasteiger partial charge in [-0.05, 0) is 19.3 Å². The average Bonchev–Trinajstić information content (AvgIpc) is 2.53. The van der Waals surface area contributed by atoms with Crippen molar-refractivity contribution in [2.45, 2.75) is 117 Å². The fourth-order valence-corrected chi connectivity index (χ4v) is 3.22. The van der Waals surface area contributed by atoms with Crippen molar-refractivity contribution < 1.29 is 4.90 Å². The van der Waals surface area contributed by atoms with Crippen molar-refractivity contribution in [2.75, 3.05) is 20.1 Å². The van der Waals surface area contributed by atoms with E-state index in [1.807, 2.05) is 0 Å². The highest BCUT2D eigenvalue weighted by Gasteiger charge is 2.00. The van der Waals surface area contributed by atoms with E-state index in [0.717, 1.165) is 0 Å². The van der Waals surface area contributed by atoms with E-state index in [4.69, 9.17) is 0 Å². The molecule has 0 rings (SSSR count). The normalized spacial score (nSPS) is 12.7. The first-order valence-electron chi connectivity index (χ1n) is 10.6. The fourth-order valence-electron chi connectivity index (χ4n) is 3.22. The molecule has 1 unspecified atom stereocenters. The predicted octanol–water partition coefficient (Wildman–Crippen LogP) is 5.78. The van der Waals surface area contributed by atoms with Crippen LogP contribution in [0.1, 0.15) is 117 Å². The zero-order chi connectivity index (χ0) is 16.3. The van der Waals surface area contributed by atoms with E-state index in [-0.39, 0.29) is 0 Å². The van der Waals surface area contributed by atoms with Crippen molar-refractivity contribution in [2.24, 2.45) is 0 Å². The summed E-state index contributed by atoms with van der Waals surface area (Å²) < 4.78 is 0. The minimum absolute atomic E-state index is 1.34. The maximum absolute atomic E-state index is 2.36. The van der Waals surface area contributed by atoms with Crippen LogP contribution in [0.3, 0.4) is 0 Å². The lowest BCUT2D eigenvalue weighted by atomic mass is 10.0. The predicted molar refractivity (Wildman–Crippen MR) is 102 cm³/mol. The molecule has 0 radical (unpaired) electrons. The van der Waals surface area contributed by atoms with E-state index in [2.05, 4.69) is 20.9 Å². The van der Waals surface area contributed by atoms with Crippen molar-refractivity contribution in [1.82, 2.24) is 0 Å². The minimum Gasteiger partial charge on any atom is -0.337 e. The van der Waals surface area contributed by atoms with Crippen LogP contribution in [0.4, 0.5) is 0 Å². The first-order valence-corrected chi connectivity index (χ1v) is 10.6. The quantitative estimate of drug-likeness (QED) is 0.306. The van der Waals surface area contributed by atoms with Gasteiger partial charge in [0.2, 0.25) is 0 Å². The van der Waals surface area contributed by atoms with Crippen molar-refractivity contribution in [3.8, 4) is 0 Å². The van der Waals surface area contributed by atoms with Gasteiger partial charge in [-0.2, -0.15) is 0 Å². The monoisotopic (exact) mass is 312 g/mol. The van der Waals surface area contributed by atoms with Gasteiger partial charge < -0.3 is 4.90 Å². The van der Waals surface area contributed by atoms with Gasteiger partial charge in [-0.25, -0.2) is 0 Å². The molecular weight excluding hydrogens is 266 g/mol. The van der Waals surface area contributed by atoms with E-state index in [0.29, 0.717) is 0 Å². The van der Waals surface area contributed by atoms with Crippen LogP contribution in [0.5, 0.6) is 0 Å². The van der Waals surface area contributed by atoms with E-state index < -0.39 is 0 Å². The second-order valence-corrected chi connectivity index (χ2v) is 7.41. The molecule has 1 heteroatoms. The van der Waals surface area contributed by atoms with Gasteiger partial charge in [0.1, 0.15) is 0 Å². The summed E-state index contributed by atoms with van der Waals surface area (Å²) in [4.78, 5) is 1.74. The average molecular weight is 313 g/mol. The molecule has 1 N–H and O–H groups in total.